The zero-order chi connectivity index (χ0) is 13.0. The summed E-state index contributed by atoms with van der Waals surface area (Å²) in [7, 11) is 1.89. The molecule has 18 heavy (non-hydrogen) atoms. The van der Waals surface area contributed by atoms with Crippen molar-refractivity contribution >= 4 is 6.03 Å². The molecule has 0 aromatic carbocycles. The quantitative estimate of drug-likeness (QED) is 0.752. The molecule has 0 aliphatic carbocycles. The first-order chi connectivity index (χ1) is 8.72. The van der Waals surface area contributed by atoms with Gasteiger partial charge in [-0.15, -0.1) is 0 Å². The van der Waals surface area contributed by atoms with Gasteiger partial charge in [0.25, 0.3) is 0 Å². The molecule has 0 unspecified atom stereocenters. The molecule has 104 valence electrons. The van der Waals surface area contributed by atoms with Gasteiger partial charge >= 0.3 is 6.03 Å². The van der Waals surface area contributed by atoms with Crippen molar-refractivity contribution in [3.05, 3.63) is 0 Å². The lowest BCUT2D eigenvalue weighted by atomic mass is 10.00. The molecule has 2 aliphatic rings. The minimum absolute atomic E-state index is 0.203. The molecule has 0 saturated carbocycles. The largest absolute Gasteiger partial charge is 0.328 e. The Morgan fingerprint density at radius 2 is 1.72 bits per heavy atom. The second-order valence-electron chi connectivity index (χ2n) is 5.61. The van der Waals surface area contributed by atoms with Crippen molar-refractivity contribution in [3.63, 3.8) is 0 Å². The molecule has 0 bridgehead atoms. The molecular formula is C14H27N3O. The van der Waals surface area contributed by atoms with Gasteiger partial charge in [-0.25, -0.2) is 4.79 Å². The highest BCUT2D eigenvalue weighted by Crippen LogP contribution is 2.21. The second-order valence-corrected chi connectivity index (χ2v) is 5.61. The highest BCUT2D eigenvalue weighted by Gasteiger charge is 2.28. The van der Waals surface area contributed by atoms with Crippen molar-refractivity contribution in [3.8, 4) is 0 Å². The standard InChI is InChI=1S/C14H27N3O/c1-3-15(2)14(18)17-11-7-13(8-12-17)16-9-5-4-6-10-16/h13H,3-12H2,1-2H3. The number of rotatable bonds is 2. The van der Waals surface area contributed by atoms with Crippen LogP contribution in [-0.4, -0.2) is 66.5 Å². The molecule has 2 amide bonds. The average molecular weight is 253 g/mol. The molecule has 0 aromatic heterocycles. The van der Waals surface area contributed by atoms with Crippen LogP contribution in [-0.2, 0) is 0 Å². The van der Waals surface area contributed by atoms with Crippen LogP contribution < -0.4 is 0 Å². The van der Waals surface area contributed by atoms with Crippen molar-refractivity contribution < 1.29 is 4.79 Å². The van der Waals surface area contributed by atoms with Crippen molar-refractivity contribution in [2.75, 3.05) is 39.8 Å². The maximum atomic E-state index is 12.1. The van der Waals surface area contributed by atoms with Gasteiger partial charge in [-0.3, -0.25) is 0 Å². The molecule has 0 radical (unpaired) electrons. The number of hydrogen-bond donors (Lipinski definition) is 0. The fourth-order valence-corrected chi connectivity index (χ4v) is 3.08. The van der Waals surface area contributed by atoms with Gasteiger partial charge in [0.05, 0.1) is 0 Å². The molecule has 4 heteroatoms. The van der Waals surface area contributed by atoms with E-state index in [9.17, 15) is 4.79 Å². The summed E-state index contributed by atoms with van der Waals surface area (Å²) in [5.74, 6) is 0. The van der Waals surface area contributed by atoms with Crippen LogP contribution in [0.25, 0.3) is 0 Å². The van der Waals surface area contributed by atoms with Crippen molar-refractivity contribution in [2.24, 2.45) is 0 Å². The molecule has 0 aromatic rings. The van der Waals surface area contributed by atoms with Crippen LogP contribution in [0.5, 0.6) is 0 Å². The van der Waals surface area contributed by atoms with Crippen LogP contribution in [0.1, 0.15) is 39.0 Å². The van der Waals surface area contributed by atoms with E-state index in [2.05, 4.69) is 4.90 Å². The summed E-state index contributed by atoms with van der Waals surface area (Å²) in [6, 6.07) is 0.927. The molecule has 0 atom stereocenters. The van der Waals surface area contributed by atoms with Gasteiger partial charge in [-0.05, 0) is 45.7 Å². The number of carbonyl (C=O) groups excluding carboxylic acids is 1. The van der Waals surface area contributed by atoms with E-state index in [1.54, 1.807) is 4.90 Å². The summed E-state index contributed by atoms with van der Waals surface area (Å²) in [6.07, 6.45) is 6.43. The van der Waals surface area contributed by atoms with E-state index in [1.807, 2.05) is 18.9 Å². The zero-order valence-corrected chi connectivity index (χ0v) is 11.9. The lowest BCUT2D eigenvalue weighted by Crippen LogP contribution is -2.50. The fourth-order valence-electron chi connectivity index (χ4n) is 3.08. The molecule has 2 heterocycles. The minimum Gasteiger partial charge on any atom is -0.328 e. The molecule has 2 rings (SSSR count). The first kappa shape index (κ1) is 13.7. The zero-order valence-electron chi connectivity index (χ0n) is 11.9. The van der Waals surface area contributed by atoms with Gasteiger partial charge in [0, 0.05) is 32.7 Å². The smallest absolute Gasteiger partial charge is 0.319 e. The van der Waals surface area contributed by atoms with E-state index >= 15 is 0 Å². The summed E-state index contributed by atoms with van der Waals surface area (Å²) in [5, 5.41) is 0. The highest BCUT2D eigenvalue weighted by molar-refractivity contribution is 5.74. The minimum atomic E-state index is 0.203. The van der Waals surface area contributed by atoms with E-state index < -0.39 is 0 Å². The van der Waals surface area contributed by atoms with Crippen LogP contribution in [0.4, 0.5) is 4.79 Å². The van der Waals surface area contributed by atoms with Gasteiger partial charge in [-0.1, -0.05) is 6.42 Å². The molecule has 4 nitrogen and oxygen atoms in total. The summed E-state index contributed by atoms with van der Waals surface area (Å²) in [6.45, 7) is 7.24. The number of hydrogen-bond acceptors (Lipinski definition) is 2. The van der Waals surface area contributed by atoms with E-state index in [0.717, 1.165) is 38.5 Å². The van der Waals surface area contributed by atoms with Gasteiger partial charge in [0.2, 0.25) is 0 Å². The number of piperidine rings is 2. The number of likely N-dealkylation sites (tertiary alicyclic amines) is 2. The normalized spacial score (nSPS) is 23.1. The fraction of sp³-hybridized carbons (Fsp3) is 0.929. The van der Waals surface area contributed by atoms with E-state index in [0.29, 0.717) is 0 Å². The SMILES string of the molecule is CCN(C)C(=O)N1CCC(N2CCCCC2)CC1. The Labute approximate surface area is 111 Å². The summed E-state index contributed by atoms with van der Waals surface area (Å²) in [4.78, 5) is 18.5. The summed E-state index contributed by atoms with van der Waals surface area (Å²) >= 11 is 0. The molecule has 0 N–H and O–H groups in total. The average Bonchev–Trinajstić information content (AvgIpc) is 2.47. The number of amides is 2. The monoisotopic (exact) mass is 253 g/mol. The van der Waals surface area contributed by atoms with Gasteiger partial charge in [0.1, 0.15) is 0 Å². The Balaban J connectivity index is 1.78. The third-order valence-corrected chi connectivity index (χ3v) is 4.44. The predicted octanol–water partition coefficient (Wildman–Crippen LogP) is 2.01. The topological polar surface area (TPSA) is 26.8 Å². The number of nitrogens with zero attached hydrogens (tertiary/aromatic N) is 3. The molecular weight excluding hydrogens is 226 g/mol. The van der Waals surface area contributed by atoms with Crippen LogP contribution in [0.3, 0.4) is 0 Å². The molecule has 2 aliphatic heterocycles. The van der Waals surface area contributed by atoms with E-state index in [4.69, 9.17) is 0 Å². The van der Waals surface area contributed by atoms with Gasteiger partial charge in [0.15, 0.2) is 0 Å². The predicted molar refractivity (Wildman–Crippen MR) is 73.7 cm³/mol. The van der Waals surface area contributed by atoms with Gasteiger partial charge < -0.3 is 14.7 Å². The third kappa shape index (κ3) is 3.16. The Kier molecular flexibility index (Phi) is 4.87. The van der Waals surface area contributed by atoms with Crippen LogP contribution >= 0.6 is 0 Å². The molecule has 0 spiro atoms. The lowest BCUT2D eigenvalue weighted by Gasteiger charge is -2.40. The number of urea groups is 1. The highest BCUT2D eigenvalue weighted by atomic mass is 16.2. The van der Waals surface area contributed by atoms with Crippen LogP contribution in [0.2, 0.25) is 0 Å². The van der Waals surface area contributed by atoms with Crippen molar-refractivity contribution in [2.45, 2.75) is 45.1 Å². The first-order valence-electron chi connectivity index (χ1n) is 7.46. The third-order valence-electron chi connectivity index (χ3n) is 4.44. The van der Waals surface area contributed by atoms with Crippen molar-refractivity contribution in [1.82, 2.24) is 14.7 Å². The molecule has 2 fully saturated rings. The first-order valence-corrected chi connectivity index (χ1v) is 7.46. The van der Waals surface area contributed by atoms with Crippen LogP contribution in [0, 0.1) is 0 Å². The summed E-state index contributed by atoms with van der Waals surface area (Å²) < 4.78 is 0. The Hall–Kier alpha value is -0.770. The second kappa shape index (κ2) is 6.41. The Morgan fingerprint density at radius 1 is 1.11 bits per heavy atom. The van der Waals surface area contributed by atoms with Crippen LogP contribution in [0.15, 0.2) is 0 Å². The Morgan fingerprint density at radius 3 is 2.28 bits per heavy atom. The number of carbonyl (C=O) groups is 1. The molecule has 2 saturated heterocycles. The maximum Gasteiger partial charge on any atom is 0.319 e. The Bertz CT molecular complexity index is 268. The maximum absolute atomic E-state index is 12.1. The van der Waals surface area contributed by atoms with Gasteiger partial charge in [-0.2, -0.15) is 0 Å². The lowest BCUT2D eigenvalue weighted by molar-refractivity contribution is 0.0926. The summed E-state index contributed by atoms with van der Waals surface area (Å²) in [5.41, 5.74) is 0. The van der Waals surface area contributed by atoms with E-state index in [-0.39, 0.29) is 6.03 Å². The van der Waals surface area contributed by atoms with Crippen molar-refractivity contribution in [1.29, 1.82) is 0 Å². The van der Waals surface area contributed by atoms with E-state index in [1.165, 1.54) is 32.4 Å².